The zero-order chi connectivity index (χ0) is 21.4. The number of aliphatic hydroxyl groups excluding tert-OH is 3. The van der Waals surface area contributed by atoms with Gasteiger partial charge in [0.05, 0.1) is 12.9 Å². The van der Waals surface area contributed by atoms with E-state index in [-0.39, 0.29) is 6.61 Å². The Bertz CT molecular complexity index is 1060. The summed E-state index contributed by atoms with van der Waals surface area (Å²) in [6, 6.07) is 8.65. The molecule has 2 aliphatic rings. The number of anilines is 1. The first-order valence-electron chi connectivity index (χ1n) is 10.8. The molecule has 3 aromatic rings. The van der Waals surface area contributed by atoms with E-state index in [0.29, 0.717) is 22.9 Å². The molecule has 0 amide bonds. The number of aromatic nitrogens is 4. The van der Waals surface area contributed by atoms with Crippen molar-refractivity contribution < 1.29 is 20.1 Å². The lowest BCUT2D eigenvalue weighted by Crippen LogP contribution is -2.33. The molecule has 31 heavy (non-hydrogen) atoms. The van der Waals surface area contributed by atoms with Gasteiger partial charge in [0, 0.05) is 12.5 Å². The molecular weight excluding hydrogens is 398 g/mol. The van der Waals surface area contributed by atoms with Gasteiger partial charge in [-0.2, -0.15) is 0 Å². The maximum absolute atomic E-state index is 10.4. The summed E-state index contributed by atoms with van der Waals surface area (Å²) >= 11 is 0. The zero-order valence-corrected chi connectivity index (χ0v) is 17.1. The average molecular weight is 425 g/mol. The Labute approximate surface area is 179 Å². The molecule has 0 bridgehead atoms. The van der Waals surface area contributed by atoms with Crippen LogP contribution in [0.2, 0.25) is 0 Å². The molecule has 1 fully saturated rings. The Hall–Kier alpha value is -2.59. The number of hydrogen-bond donors (Lipinski definition) is 4. The summed E-state index contributed by atoms with van der Waals surface area (Å²) in [5, 5.41) is 33.2. The fourth-order valence-electron chi connectivity index (χ4n) is 4.73. The van der Waals surface area contributed by atoms with Crippen molar-refractivity contribution in [3.63, 3.8) is 0 Å². The Morgan fingerprint density at radius 3 is 2.81 bits per heavy atom. The maximum Gasteiger partial charge on any atom is 0.167 e. The van der Waals surface area contributed by atoms with E-state index in [1.54, 1.807) is 4.57 Å². The molecule has 5 unspecified atom stereocenters. The zero-order valence-electron chi connectivity index (χ0n) is 17.1. The number of rotatable bonds is 5. The van der Waals surface area contributed by atoms with Crippen molar-refractivity contribution in [3.8, 4) is 0 Å². The molecule has 2 aromatic heterocycles. The number of benzene rings is 1. The van der Waals surface area contributed by atoms with Crippen LogP contribution in [0.4, 0.5) is 5.82 Å². The third kappa shape index (κ3) is 3.67. The van der Waals surface area contributed by atoms with Gasteiger partial charge in [0.15, 0.2) is 23.2 Å². The molecule has 5 rings (SSSR count). The molecular formula is C22H27N5O4. The minimum Gasteiger partial charge on any atom is -0.394 e. The number of nitrogens with one attached hydrogen (secondary N) is 1. The second-order valence-corrected chi connectivity index (χ2v) is 8.30. The fraction of sp³-hybridized carbons (Fsp3) is 0.500. The van der Waals surface area contributed by atoms with E-state index in [9.17, 15) is 15.3 Å². The number of aryl methyl sites for hydroxylation is 1. The minimum absolute atomic E-state index is 0.383. The van der Waals surface area contributed by atoms with Crippen molar-refractivity contribution in [3.05, 3.63) is 48.0 Å². The van der Waals surface area contributed by atoms with Crippen LogP contribution in [0.25, 0.3) is 11.2 Å². The van der Waals surface area contributed by atoms with Crippen molar-refractivity contribution in [2.24, 2.45) is 0 Å². The Balaban J connectivity index is 1.39. The first-order valence-corrected chi connectivity index (χ1v) is 10.8. The number of fused-ring (bicyclic) bond motifs is 2. The molecule has 4 N–H and O–H groups in total. The normalized spacial score (nSPS) is 28.4. The Morgan fingerprint density at radius 1 is 1.10 bits per heavy atom. The summed E-state index contributed by atoms with van der Waals surface area (Å²) in [6.45, 7) is 0.357. The summed E-state index contributed by atoms with van der Waals surface area (Å²) in [6.07, 6.45) is 3.51. The van der Waals surface area contributed by atoms with Gasteiger partial charge in [-0.15, -0.1) is 0 Å². The second-order valence-electron chi connectivity index (χ2n) is 8.30. The Morgan fingerprint density at radius 2 is 1.97 bits per heavy atom. The SMILES string of the molecule is OCC1OC(n2cnc3c(NCC4CCCCc5ccccc54)ncnc32)C(O)C1O. The summed E-state index contributed by atoms with van der Waals surface area (Å²) in [7, 11) is 0. The van der Waals surface area contributed by atoms with E-state index >= 15 is 0 Å². The van der Waals surface area contributed by atoms with Crippen LogP contribution < -0.4 is 5.32 Å². The highest BCUT2D eigenvalue weighted by atomic mass is 16.6. The van der Waals surface area contributed by atoms with Gasteiger partial charge in [-0.25, -0.2) is 15.0 Å². The lowest BCUT2D eigenvalue weighted by molar-refractivity contribution is -0.0511. The van der Waals surface area contributed by atoms with Crippen molar-refractivity contribution in [2.45, 2.75) is 56.1 Å². The monoisotopic (exact) mass is 425 g/mol. The van der Waals surface area contributed by atoms with Crippen molar-refractivity contribution in [2.75, 3.05) is 18.5 Å². The van der Waals surface area contributed by atoms with Crippen LogP contribution in [0.3, 0.4) is 0 Å². The van der Waals surface area contributed by atoms with Gasteiger partial charge < -0.3 is 25.4 Å². The van der Waals surface area contributed by atoms with Gasteiger partial charge in [-0.05, 0) is 30.4 Å². The topological polar surface area (TPSA) is 126 Å². The number of nitrogens with zero attached hydrogens (tertiary/aromatic N) is 4. The standard InChI is InChI=1S/C22H27N5O4/c28-10-16-18(29)19(30)22(31-16)27-12-26-17-20(24-11-25-21(17)27)23-9-14-7-2-1-5-13-6-3-4-8-15(13)14/h3-4,6,8,11-12,14,16,18-19,22,28-30H,1-2,5,7,9-10H2,(H,23,24,25). The third-order valence-electron chi connectivity index (χ3n) is 6.41. The van der Waals surface area contributed by atoms with Crippen LogP contribution in [0, 0.1) is 0 Å². The third-order valence-corrected chi connectivity index (χ3v) is 6.41. The smallest absolute Gasteiger partial charge is 0.167 e. The van der Waals surface area contributed by atoms with Crippen molar-refractivity contribution in [1.82, 2.24) is 19.5 Å². The first kappa shape index (κ1) is 20.3. The van der Waals surface area contributed by atoms with Gasteiger partial charge in [0.1, 0.15) is 24.6 Å². The summed E-state index contributed by atoms with van der Waals surface area (Å²) in [5.74, 6) is 1.02. The molecule has 0 radical (unpaired) electrons. The highest BCUT2D eigenvalue weighted by Crippen LogP contribution is 2.33. The lowest BCUT2D eigenvalue weighted by Gasteiger charge is -2.19. The predicted molar refractivity (Wildman–Crippen MR) is 114 cm³/mol. The number of aliphatic hydroxyl groups is 3. The van der Waals surface area contributed by atoms with E-state index in [1.807, 2.05) is 0 Å². The van der Waals surface area contributed by atoms with Crippen molar-refractivity contribution >= 4 is 17.0 Å². The number of ether oxygens (including phenoxy) is 1. The maximum atomic E-state index is 10.4. The molecule has 9 heteroatoms. The summed E-state index contributed by atoms with van der Waals surface area (Å²) < 4.78 is 7.20. The molecule has 1 saturated heterocycles. The average Bonchev–Trinajstić information content (AvgIpc) is 3.27. The fourth-order valence-corrected chi connectivity index (χ4v) is 4.73. The van der Waals surface area contributed by atoms with Crippen LogP contribution in [0.5, 0.6) is 0 Å². The second kappa shape index (κ2) is 8.51. The number of imidazole rings is 1. The van der Waals surface area contributed by atoms with E-state index in [2.05, 4.69) is 44.5 Å². The summed E-state index contributed by atoms with van der Waals surface area (Å²) in [4.78, 5) is 13.1. The quantitative estimate of drug-likeness (QED) is 0.452. The van der Waals surface area contributed by atoms with Crippen LogP contribution in [-0.4, -0.2) is 66.3 Å². The molecule has 5 atom stereocenters. The van der Waals surface area contributed by atoms with Crippen molar-refractivity contribution in [1.29, 1.82) is 0 Å². The van der Waals surface area contributed by atoms with Gasteiger partial charge in [-0.3, -0.25) is 4.57 Å². The van der Waals surface area contributed by atoms with Gasteiger partial charge in [0.25, 0.3) is 0 Å². The van der Waals surface area contributed by atoms with Gasteiger partial charge in [-0.1, -0.05) is 30.7 Å². The van der Waals surface area contributed by atoms with Crippen LogP contribution >= 0.6 is 0 Å². The minimum atomic E-state index is -1.19. The molecule has 0 spiro atoms. The highest BCUT2D eigenvalue weighted by molar-refractivity contribution is 5.82. The Kier molecular flexibility index (Phi) is 5.58. The molecule has 3 heterocycles. The molecule has 0 saturated carbocycles. The highest BCUT2D eigenvalue weighted by Gasteiger charge is 2.44. The van der Waals surface area contributed by atoms with Gasteiger partial charge >= 0.3 is 0 Å². The van der Waals surface area contributed by atoms with Crippen LogP contribution in [0.1, 0.15) is 42.5 Å². The van der Waals surface area contributed by atoms with Gasteiger partial charge in [0.2, 0.25) is 0 Å². The van der Waals surface area contributed by atoms with Crippen LogP contribution in [0.15, 0.2) is 36.9 Å². The summed E-state index contributed by atoms with van der Waals surface area (Å²) in [5.41, 5.74) is 3.89. The molecule has 164 valence electrons. The molecule has 1 aliphatic carbocycles. The van der Waals surface area contributed by atoms with E-state index in [1.165, 1.54) is 36.6 Å². The van der Waals surface area contributed by atoms with Crippen LogP contribution in [-0.2, 0) is 11.2 Å². The number of hydrogen-bond acceptors (Lipinski definition) is 8. The van der Waals surface area contributed by atoms with E-state index in [0.717, 1.165) is 19.4 Å². The van der Waals surface area contributed by atoms with E-state index in [4.69, 9.17) is 4.74 Å². The van der Waals surface area contributed by atoms with E-state index < -0.39 is 24.5 Å². The largest absolute Gasteiger partial charge is 0.394 e. The predicted octanol–water partition coefficient (Wildman–Crippen LogP) is 1.36. The molecule has 1 aliphatic heterocycles. The molecule has 9 nitrogen and oxygen atoms in total. The first-order chi connectivity index (χ1) is 15.2. The molecule has 1 aromatic carbocycles. The lowest BCUT2D eigenvalue weighted by atomic mass is 9.92.